The van der Waals surface area contributed by atoms with Crippen LogP contribution in [0.4, 0.5) is 11.8 Å². The molecule has 0 aliphatic carbocycles. The Morgan fingerprint density at radius 2 is 1.79 bits per heavy atom. The molecule has 108 valence electrons. The first-order chi connectivity index (χ1) is 8.95. The van der Waals surface area contributed by atoms with Crippen molar-refractivity contribution in [1.29, 1.82) is 0 Å². The molecule has 4 nitrogen and oxygen atoms in total. The van der Waals surface area contributed by atoms with E-state index in [1.807, 2.05) is 6.92 Å². The van der Waals surface area contributed by atoms with Gasteiger partial charge in [0.1, 0.15) is 10.8 Å². The SMILES string of the molecule is CCNc1ncc(Cl)c(NCC(C(C)C)C(C)C)n1. The maximum atomic E-state index is 6.12. The lowest BCUT2D eigenvalue weighted by atomic mass is 9.85. The maximum Gasteiger partial charge on any atom is 0.224 e. The summed E-state index contributed by atoms with van der Waals surface area (Å²) in [5, 5.41) is 7.00. The van der Waals surface area contributed by atoms with E-state index in [0.717, 1.165) is 13.1 Å². The van der Waals surface area contributed by atoms with E-state index in [9.17, 15) is 0 Å². The molecule has 5 heteroatoms. The summed E-state index contributed by atoms with van der Waals surface area (Å²) in [6.07, 6.45) is 1.63. The molecule has 0 fully saturated rings. The monoisotopic (exact) mass is 284 g/mol. The van der Waals surface area contributed by atoms with Gasteiger partial charge in [0.25, 0.3) is 0 Å². The minimum Gasteiger partial charge on any atom is -0.368 e. The van der Waals surface area contributed by atoms with Crippen LogP contribution in [0.2, 0.25) is 5.02 Å². The summed E-state index contributed by atoms with van der Waals surface area (Å²) in [6, 6.07) is 0. The minimum atomic E-state index is 0.563. The van der Waals surface area contributed by atoms with Gasteiger partial charge in [0, 0.05) is 13.1 Å². The number of nitrogens with zero attached hydrogens (tertiary/aromatic N) is 2. The van der Waals surface area contributed by atoms with Gasteiger partial charge in [0.15, 0.2) is 0 Å². The third-order valence-corrected chi connectivity index (χ3v) is 3.57. The topological polar surface area (TPSA) is 49.8 Å². The summed E-state index contributed by atoms with van der Waals surface area (Å²) in [5.74, 6) is 3.16. The molecule has 0 aliphatic rings. The van der Waals surface area contributed by atoms with E-state index >= 15 is 0 Å². The van der Waals surface area contributed by atoms with Crippen LogP contribution in [0.15, 0.2) is 6.20 Å². The number of hydrogen-bond donors (Lipinski definition) is 2. The highest BCUT2D eigenvalue weighted by Crippen LogP contribution is 2.24. The Hall–Kier alpha value is -1.03. The summed E-state index contributed by atoms with van der Waals surface area (Å²) in [5.41, 5.74) is 0. The molecule has 1 heterocycles. The summed E-state index contributed by atoms with van der Waals surface area (Å²) in [6.45, 7) is 12.7. The standard InChI is InChI=1S/C14H25ClN4/c1-6-16-14-18-8-12(15)13(19-14)17-7-11(9(2)3)10(4)5/h8-11H,6-7H2,1-5H3,(H2,16,17,18,19). The van der Waals surface area contributed by atoms with Crippen molar-refractivity contribution in [2.75, 3.05) is 23.7 Å². The van der Waals surface area contributed by atoms with Gasteiger partial charge in [0.05, 0.1) is 6.20 Å². The quantitative estimate of drug-likeness (QED) is 0.797. The second-order valence-corrected chi connectivity index (χ2v) is 5.86. The first-order valence-corrected chi connectivity index (χ1v) is 7.33. The molecule has 0 amide bonds. The van der Waals surface area contributed by atoms with Crippen molar-refractivity contribution in [2.45, 2.75) is 34.6 Å². The van der Waals surface area contributed by atoms with Gasteiger partial charge in [-0.2, -0.15) is 4.98 Å². The van der Waals surface area contributed by atoms with Crippen molar-refractivity contribution in [3.8, 4) is 0 Å². The smallest absolute Gasteiger partial charge is 0.224 e. The zero-order chi connectivity index (χ0) is 14.4. The normalized spacial score (nSPS) is 11.4. The molecule has 0 saturated carbocycles. The summed E-state index contributed by atoms with van der Waals surface area (Å²) in [7, 11) is 0. The number of rotatable bonds is 7. The third-order valence-electron chi connectivity index (χ3n) is 3.30. The summed E-state index contributed by atoms with van der Waals surface area (Å²) in [4.78, 5) is 8.52. The van der Waals surface area contributed by atoms with Gasteiger partial charge < -0.3 is 10.6 Å². The second kappa shape index (κ2) is 7.53. The van der Waals surface area contributed by atoms with Crippen LogP contribution in [-0.4, -0.2) is 23.1 Å². The number of nitrogens with one attached hydrogen (secondary N) is 2. The van der Waals surface area contributed by atoms with E-state index < -0.39 is 0 Å². The maximum absolute atomic E-state index is 6.12. The molecule has 1 aromatic rings. The fourth-order valence-electron chi connectivity index (χ4n) is 2.19. The van der Waals surface area contributed by atoms with Crippen LogP contribution in [0.5, 0.6) is 0 Å². The van der Waals surface area contributed by atoms with Gasteiger partial charge in [-0.3, -0.25) is 0 Å². The van der Waals surface area contributed by atoms with E-state index in [-0.39, 0.29) is 0 Å². The largest absolute Gasteiger partial charge is 0.368 e. The number of halogens is 1. The van der Waals surface area contributed by atoms with Crippen molar-refractivity contribution < 1.29 is 0 Å². The van der Waals surface area contributed by atoms with Crippen LogP contribution in [0.3, 0.4) is 0 Å². The lowest BCUT2D eigenvalue weighted by molar-refractivity contribution is 0.304. The lowest BCUT2D eigenvalue weighted by Crippen LogP contribution is -2.25. The second-order valence-electron chi connectivity index (χ2n) is 5.45. The average Bonchev–Trinajstić information content (AvgIpc) is 2.32. The highest BCUT2D eigenvalue weighted by molar-refractivity contribution is 6.32. The fourth-order valence-corrected chi connectivity index (χ4v) is 2.35. The van der Waals surface area contributed by atoms with E-state index in [2.05, 4.69) is 48.3 Å². The highest BCUT2D eigenvalue weighted by atomic mass is 35.5. The Bertz CT molecular complexity index is 385. The Labute approximate surface area is 121 Å². The lowest BCUT2D eigenvalue weighted by Gasteiger charge is -2.25. The molecule has 0 aliphatic heterocycles. The first-order valence-electron chi connectivity index (χ1n) is 6.96. The van der Waals surface area contributed by atoms with Crippen molar-refractivity contribution in [2.24, 2.45) is 17.8 Å². The van der Waals surface area contributed by atoms with E-state index in [1.54, 1.807) is 6.20 Å². The van der Waals surface area contributed by atoms with Crippen LogP contribution in [-0.2, 0) is 0 Å². The van der Waals surface area contributed by atoms with Gasteiger partial charge in [-0.15, -0.1) is 0 Å². The summed E-state index contributed by atoms with van der Waals surface area (Å²) < 4.78 is 0. The van der Waals surface area contributed by atoms with Crippen molar-refractivity contribution >= 4 is 23.4 Å². The van der Waals surface area contributed by atoms with Crippen molar-refractivity contribution in [1.82, 2.24) is 9.97 Å². The highest BCUT2D eigenvalue weighted by Gasteiger charge is 2.18. The van der Waals surface area contributed by atoms with Crippen LogP contribution in [0.1, 0.15) is 34.6 Å². The Morgan fingerprint density at radius 1 is 1.16 bits per heavy atom. The van der Waals surface area contributed by atoms with Gasteiger partial charge in [-0.05, 0) is 24.7 Å². The molecule has 0 radical (unpaired) electrons. The number of anilines is 2. The molecule has 0 spiro atoms. The molecule has 19 heavy (non-hydrogen) atoms. The molecule has 0 saturated heterocycles. The Morgan fingerprint density at radius 3 is 2.32 bits per heavy atom. The summed E-state index contributed by atoms with van der Waals surface area (Å²) >= 11 is 6.12. The zero-order valence-corrected chi connectivity index (χ0v) is 13.3. The molecule has 0 atom stereocenters. The minimum absolute atomic E-state index is 0.563. The number of hydrogen-bond acceptors (Lipinski definition) is 4. The predicted molar refractivity (Wildman–Crippen MR) is 82.9 cm³/mol. The Kier molecular flexibility index (Phi) is 6.35. The molecule has 0 aromatic carbocycles. The van der Waals surface area contributed by atoms with Crippen molar-refractivity contribution in [3.05, 3.63) is 11.2 Å². The van der Waals surface area contributed by atoms with Gasteiger partial charge in [0.2, 0.25) is 5.95 Å². The van der Waals surface area contributed by atoms with Crippen LogP contribution < -0.4 is 10.6 Å². The average molecular weight is 285 g/mol. The van der Waals surface area contributed by atoms with Gasteiger partial charge in [-0.1, -0.05) is 39.3 Å². The molecule has 0 unspecified atom stereocenters. The predicted octanol–water partition coefficient (Wildman–Crippen LogP) is 3.90. The van der Waals surface area contributed by atoms with E-state index in [0.29, 0.717) is 34.5 Å². The van der Waals surface area contributed by atoms with Crippen molar-refractivity contribution in [3.63, 3.8) is 0 Å². The first kappa shape index (κ1) is 16.0. The molecule has 1 aromatic heterocycles. The zero-order valence-electron chi connectivity index (χ0n) is 12.5. The molecule has 2 N–H and O–H groups in total. The van der Waals surface area contributed by atoms with Gasteiger partial charge >= 0.3 is 0 Å². The third kappa shape index (κ3) is 4.86. The Balaban J connectivity index is 2.72. The number of aromatic nitrogens is 2. The van der Waals surface area contributed by atoms with E-state index in [4.69, 9.17) is 11.6 Å². The van der Waals surface area contributed by atoms with Crippen LogP contribution in [0, 0.1) is 17.8 Å². The van der Waals surface area contributed by atoms with Crippen LogP contribution in [0.25, 0.3) is 0 Å². The fraction of sp³-hybridized carbons (Fsp3) is 0.714. The molecule has 1 rings (SSSR count). The van der Waals surface area contributed by atoms with Crippen LogP contribution >= 0.6 is 11.6 Å². The van der Waals surface area contributed by atoms with E-state index in [1.165, 1.54) is 0 Å². The molecule has 0 bridgehead atoms. The van der Waals surface area contributed by atoms with Gasteiger partial charge in [-0.25, -0.2) is 4.98 Å². The molecular formula is C14H25ClN4. The molecular weight excluding hydrogens is 260 g/mol.